The number of methoxy groups -OCH3 is 1. The summed E-state index contributed by atoms with van der Waals surface area (Å²) in [4.78, 5) is 0. The van der Waals surface area contributed by atoms with Gasteiger partial charge in [0.25, 0.3) is 11.6 Å². The first-order valence-electron chi connectivity index (χ1n) is 7.92. The molecule has 3 nitrogen and oxygen atoms in total. The van der Waals surface area contributed by atoms with Crippen molar-refractivity contribution >= 4 is 23.1 Å². The lowest BCUT2D eigenvalue weighted by Crippen LogP contribution is -2.13. The number of anilines is 1. The number of benzene rings is 2. The van der Waals surface area contributed by atoms with Gasteiger partial charge in [-0.2, -0.15) is 0 Å². The SMILES string of the molecule is CCc1ccc(OCc2ccc(C(F)F)cc2NC(=S)OC)c(C)c1. The third-order valence-electron chi connectivity index (χ3n) is 3.84. The number of halogens is 2. The van der Waals surface area contributed by atoms with E-state index in [9.17, 15) is 8.78 Å². The molecule has 0 amide bonds. The van der Waals surface area contributed by atoms with E-state index in [4.69, 9.17) is 21.7 Å². The maximum absolute atomic E-state index is 13.0. The Labute approximate surface area is 152 Å². The first-order chi connectivity index (χ1) is 11.9. The van der Waals surface area contributed by atoms with Crippen molar-refractivity contribution in [2.45, 2.75) is 33.3 Å². The van der Waals surface area contributed by atoms with Gasteiger partial charge in [0.1, 0.15) is 12.4 Å². The first-order valence-corrected chi connectivity index (χ1v) is 8.33. The molecule has 6 heteroatoms. The predicted molar refractivity (Wildman–Crippen MR) is 99.5 cm³/mol. The molecule has 0 bridgehead atoms. The van der Waals surface area contributed by atoms with Crippen LogP contribution in [0.3, 0.4) is 0 Å². The lowest BCUT2D eigenvalue weighted by Gasteiger charge is -2.15. The number of aryl methyl sites for hydroxylation is 2. The highest BCUT2D eigenvalue weighted by Crippen LogP contribution is 2.27. The molecule has 0 saturated heterocycles. The van der Waals surface area contributed by atoms with Crippen molar-refractivity contribution in [3.63, 3.8) is 0 Å². The molecule has 2 aromatic rings. The van der Waals surface area contributed by atoms with E-state index in [1.165, 1.54) is 24.8 Å². The molecule has 2 rings (SSSR count). The van der Waals surface area contributed by atoms with Crippen LogP contribution in [0.2, 0.25) is 0 Å². The summed E-state index contributed by atoms with van der Waals surface area (Å²) in [6.07, 6.45) is -1.60. The molecular weight excluding hydrogens is 344 g/mol. The summed E-state index contributed by atoms with van der Waals surface area (Å²) in [5.41, 5.74) is 3.34. The summed E-state index contributed by atoms with van der Waals surface area (Å²) in [6, 6.07) is 10.4. The largest absolute Gasteiger partial charge is 0.489 e. The molecule has 134 valence electrons. The molecule has 0 aliphatic rings. The first kappa shape index (κ1) is 19.1. The highest BCUT2D eigenvalue weighted by atomic mass is 32.1. The van der Waals surface area contributed by atoms with Crippen LogP contribution in [0.4, 0.5) is 14.5 Å². The monoisotopic (exact) mass is 365 g/mol. The lowest BCUT2D eigenvalue weighted by atomic mass is 10.1. The Balaban J connectivity index is 2.21. The van der Waals surface area contributed by atoms with E-state index in [-0.39, 0.29) is 17.3 Å². The second kappa shape index (κ2) is 8.76. The number of hydrogen-bond donors (Lipinski definition) is 1. The van der Waals surface area contributed by atoms with E-state index in [1.54, 1.807) is 6.07 Å². The normalized spacial score (nSPS) is 10.6. The van der Waals surface area contributed by atoms with Crippen LogP contribution in [0.15, 0.2) is 36.4 Å². The summed E-state index contributed by atoms with van der Waals surface area (Å²) in [5, 5.41) is 2.93. The molecule has 0 saturated carbocycles. The zero-order chi connectivity index (χ0) is 18.4. The second-order valence-electron chi connectivity index (χ2n) is 5.58. The van der Waals surface area contributed by atoms with Gasteiger partial charge >= 0.3 is 0 Å². The Bertz CT molecular complexity index is 750. The topological polar surface area (TPSA) is 30.5 Å². The number of hydrogen-bond acceptors (Lipinski definition) is 3. The zero-order valence-electron chi connectivity index (χ0n) is 14.4. The minimum atomic E-state index is -2.56. The maximum Gasteiger partial charge on any atom is 0.263 e. The van der Waals surface area contributed by atoms with E-state index in [0.717, 1.165) is 17.7 Å². The molecule has 0 fully saturated rings. The Morgan fingerprint density at radius 2 is 1.96 bits per heavy atom. The van der Waals surface area contributed by atoms with Crippen molar-refractivity contribution in [3.8, 4) is 5.75 Å². The molecule has 0 atom stereocenters. The van der Waals surface area contributed by atoms with Gasteiger partial charge in [-0.05, 0) is 48.8 Å². The van der Waals surface area contributed by atoms with Gasteiger partial charge in [0.15, 0.2) is 0 Å². The van der Waals surface area contributed by atoms with Crippen molar-refractivity contribution in [2.24, 2.45) is 0 Å². The third kappa shape index (κ3) is 5.13. The van der Waals surface area contributed by atoms with Crippen molar-refractivity contribution in [1.82, 2.24) is 0 Å². The Morgan fingerprint density at radius 3 is 2.56 bits per heavy atom. The fourth-order valence-corrected chi connectivity index (χ4v) is 2.49. The van der Waals surface area contributed by atoms with Gasteiger partial charge < -0.3 is 14.8 Å². The molecule has 0 aliphatic heterocycles. The van der Waals surface area contributed by atoms with Gasteiger partial charge in [-0.15, -0.1) is 0 Å². The van der Waals surface area contributed by atoms with E-state index < -0.39 is 6.43 Å². The number of alkyl halides is 2. The second-order valence-corrected chi connectivity index (χ2v) is 5.95. The summed E-state index contributed by atoms with van der Waals surface area (Å²) in [7, 11) is 1.42. The van der Waals surface area contributed by atoms with Gasteiger partial charge in [-0.25, -0.2) is 8.78 Å². The number of nitrogens with one attached hydrogen (secondary N) is 1. The van der Waals surface area contributed by atoms with E-state index in [1.807, 2.05) is 19.1 Å². The van der Waals surface area contributed by atoms with Crippen molar-refractivity contribution < 1.29 is 18.3 Å². The highest BCUT2D eigenvalue weighted by molar-refractivity contribution is 7.80. The Kier molecular flexibility index (Phi) is 6.70. The molecule has 0 spiro atoms. The average Bonchev–Trinajstić information content (AvgIpc) is 2.61. The van der Waals surface area contributed by atoms with E-state index in [0.29, 0.717) is 11.3 Å². The molecular formula is C19H21F2NO2S. The van der Waals surface area contributed by atoms with Crippen LogP contribution < -0.4 is 10.1 Å². The minimum absolute atomic E-state index is 0.0892. The van der Waals surface area contributed by atoms with Crippen LogP contribution in [0.1, 0.15) is 35.6 Å². The van der Waals surface area contributed by atoms with Crippen molar-refractivity contribution in [2.75, 3.05) is 12.4 Å². The summed E-state index contributed by atoms with van der Waals surface area (Å²) < 4.78 is 36.7. The molecule has 0 unspecified atom stereocenters. The zero-order valence-corrected chi connectivity index (χ0v) is 15.3. The van der Waals surface area contributed by atoms with Crippen LogP contribution in [0.5, 0.6) is 5.75 Å². The highest BCUT2D eigenvalue weighted by Gasteiger charge is 2.13. The van der Waals surface area contributed by atoms with Crippen LogP contribution >= 0.6 is 12.2 Å². The van der Waals surface area contributed by atoms with Crippen molar-refractivity contribution in [3.05, 3.63) is 58.7 Å². The van der Waals surface area contributed by atoms with Crippen LogP contribution in [0.25, 0.3) is 0 Å². The number of ether oxygens (including phenoxy) is 2. The number of thiocarbonyl (C=S) groups is 1. The van der Waals surface area contributed by atoms with E-state index >= 15 is 0 Å². The smallest absolute Gasteiger partial charge is 0.263 e. The van der Waals surface area contributed by atoms with Gasteiger partial charge in [0, 0.05) is 16.8 Å². The fourth-order valence-electron chi connectivity index (χ4n) is 2.38. The predicted octanol–water partition coefficient (Wildman–Crippen LogP) is 5.42. The van der Waals surface area contributed by atoms with Crippen molar-refractivity contribution in [1.29, 1.82) is 0 Å². The number of rotatable bonds is 6. The minimum Gasteiger partial charge on any atom is -0.489 e. The molecule has 0 aliphatic carbocycles. The lowest BCUT2D eigenvalue weighted by molar-refractivity contribution is 0.151. The third-order valence-corrected chi connectivity index (χ3v) is 4.11. The van der Waals surface area contributed by atoms with E-state index in [2.05, 4.69) is 18.3 Å². The standard InChI is InChI=1S/C19H21F2NO2S/c1-4-13-5-8-17(12(2)9-13)24-11-15-7-6-14(18(20)21)10-16(15)22-19(25)23-3/h5-10,18H,4,11H2,1-3H3,(H,22,25). The molecule has 25 heavy (non-hydrogen) atoms. The Morgan fingerprint density at radius 1 is 1.20 bits per heavy atom. The van der Waals surface area contributed by atoms with Crippen LogP contribution in [-0.2, 0) is 17.8 Å². The maximum atomic E-state index is 13.0. The summed E-state index contributed by atoms with van der Waals surface area (Å²) >= 11 is 4.97. The quantitative estimate of drug-likeness (QED) is 0.693. The molecule has 0 aromatic heterocycles. The van der Waals surface area contributed by atoms with Gasteiger partial charge in [0.2, 0.25) is 0 Å². The fraction of sp³-hybridized carbons (Fsp3) is 0.316. The summed E-state index contributed by atoms with van der Waals surface area (Å²) in [6.45, 7) is 4.30. The van der Waals surface area contributed by atoms with Gasteiger partial charge in [-0.3, -0.25) is 0 Å². The van der Waals surface area contributed by atoms with Gasteiger partial charge in [-0.1, -0.05) is 31.2 Å². The molecule has 1 N–H and O–H groups in total. The summed E-state index contributed by atoms with van der Waals surface area (Å²) in [5.74, 6) is 0.760. The van der Waals surface area contributed by atoms with Gasteiger partial charge in [0.05, 0.1) is 7.11 Å². The molecule has 0 heterocycles. The molecule has 0 radical (unpaired) electrons. The van der Waals surface area contributed by atoms with Crippen LogP contribution in [0, 0.1) is 6.92 Å². The van der Waals surface area contributed by atoms with Crippen LogP contribution in [-0.4, -0.2) is 12.3 Å². The molecule has 2 aromatic carbocycles. The average molecular weight is 365 g/mol. The Hall–Kier alpha value is -2.21.